The summed E-state index contributed by atoms with van der Waals surface area (Å²) < 4.78 is 6.98. The fourth-order valence-electron chi connectivity index (χ4n) is 1.51. The zero-order valence-electron chi connectivity index (χ0n) is 10.2. The Hall–Kier alpha value is -1.40. The van der Waals surface area contributed by atoms with Crippen LogP contribution in [0.4, 0.5) is 0 Å². The minimum absolute atomic E-state index is 0.259. The van der Waals surface area contributed by atoms with Crippen molar-refractivity contribution in [3.05, 3.63) is 18.2 Å². The van der Waals surface area contributed by atoms with Gasteiger partial charge in [0, 0.05) is 39.4 Å². The number of carbonyl (C=O) groups is 1. The molecule has 0 aliphatic heterocycles. The summed E-state index contributed by atoms with van der Waals surface area (Å²) in [5, 5.41) is 3.25. The lowest BCUT2D eigenvalue weighted by molar-refractivity contribution is -0.118. The zero-order chi connectivity index (χ0) is 12.5. The maximum atomic E-state index is 10.6. The van der Waals surface area contributed by atoms with Crippen molar-refractivity contribution in [3.8, 4) is 0 Å². The summed E-state index contributed by atoms with van der Waals surface area (Å²) in [5.41, 5.74) is 6.20. The van der Waals surface area contributed by atoms with Crippen LogP contribution in [0.25, 0.3) is 0 Å². The van der Waals surface area contributed by atoms with E-state index < -0.39 is 0 Å². The lowest BCUT2D eigenvalue weighted by atomic mass is 10.3. The number of carbonyl (C=O) groups excluding carboxylic acids is 1. The Bertz CT molecular complexity index is 338. The summed E-state index contributed by atoms with van der Waals surface area (Å²) in [4.78, 5) is 14.7. The first-order valence-electron chi connectivity index (χ1n) is 5.71. The fourth-order valence-corrected chi connectivity index (χ4v) is 1.51. The van der Waals surface area contributed by atoms with Gasteiger partial charge >= 0.3 is 0 Å². The second-order valence-electron chi connectivity index (χ2n) is 3.82. The van der Waals surface area contributed by atoms with Crippen molar-refractivity contribution in [2.75, 3.05) is 20.3 Å². The first-order chi connectivity index (χ1) is 8.24. The van der Waals surface area contributed by atoms with Crippen molar-refractivity contribution < 1.29 is 9.53 Å². The van der Waals surface area contributed by atoms with Crippen LogP contribution < -0.4 is 11.1 Å². The highest BCUT2D eigenvalue weighted by molar-refractivity contribution is 5.73. The van der Waals surface area contributed by atoms with Crippen LogP contribution in [0, 0.1) is 0 Å². The molecule has 17 heavy (non-hydrogen) atoms. The topological polar surface area (TPSA) is 82.2 Å². The minimum atomic E-state index is -0.259. The SMILES string of the molecule is COCCNCc1cncn1CCCC(N)=O. The lowest BCUT2D eigenvalue weighted by Crippen LogP contribution is -2.20. The standard InChI is InChI=1S/C11H20N4O2/c1-17-6-4-13-7-10-8-14-9-15(10)5-2-3-11(12)16/h8-9,13H,2-7H2,1H3,(H2,12,16). The molecule has 1 heterocycles. The summed E-state index contributed by atoms with van der Waals surface area (Å²) in [6, 6.07) is 0. The normalized spacial score (nSPS) is 10.6. The molecule has 6 heteroatoms. The number of hydrogen-bond acceptors (Lipinski definition) is 4. The van der Waals surface area contributed by atoms with Crippen LogP contribution in [0.2, 0.25) is 0 Å². The zero-order valence-corrected chi connectivity index (χ0v) is 10.2. The van der Waals surface area contributed by atoms with Crippen LogP contribution >= 0.6 is 0 Å². The van der Waals surface area contributed by atoms with Crippen LogP contribution in [0.5, 0.6) is 0 Å². The van der Waals surface area contributed by atoms with Gasteiger partial charge in [-0.3, -0.25) is 4.79 Å². The second-order valence-corrected chi connectivity index (χ2v) is 3.82. The number of rotatable bonds is 9. The molecule has 96 valence electrons. The first kappa shape index (κ1) is 13.7. The average Bonchev–Trinajstić information content (AvgIpc) is 2.72. The highest BCUT2D eigenvalue weighted by Crippen LogP contribution is 2.02. The Balaban J connectivity index is 2.29. The van der Waals surface area contributed by atoms with Gasteiger partial charge in [0.2, 0.25) is 5.91 Å². The number of hydrogen-bond donors (Lipinski definition) is 2. The molecule has 1 amide bonds. The van der Waals surface area contributed by atoms with Gasteiger partial charge in [0.05, 0.1) is 18.6 Å². The summed E-state index contributed by atoms with van der Waals surface area (Å²) in [7, 11) is 1.68. The predicted octanol–water partition coefficient (Wildman–Crippen LogP) is -0.115. The highest BCUT2D eigenvalue weighted by Gasteiger charge is 2.02. The Morgan fingerprint density at radius 2 is 2.47 bits per heavy atom. The summed E-state index contributed by atoms with van der Waals surface area (Å²) in [6.45, 7) is 3.02. The molecule has 0 fully saturated rings. The number of ether oxygens (including phenoxy) is 1. The molecule has 0 aliphatic rings. The van der Waals surface area contributed by atoms with Crippen molar-refractivity contribution in [1.82, 2.24) is 14.9 Å². The number of aryl methyl sites for hydroxylation is 1. The molecule has 0 saturated heterocycles. The molecule has 1 rings (SSSR count). The van der Waals surface area contributed by atoms with E-state index in [1.54, 1.807) is 13.4 Å². The van der Waals surface area contributed by atoms with Gasteiger partial charge in [0.1, 0.15) is 0 Å². The van der Waals surface area contributed by atoms with Gasteiger partial charge in [-0.15, -0.1) is 0 Å². The van der Waals surface area contributed by atoms with Crippen LogP contribution in [0.15, 0.2) is 12.5 Å². The largest absolute Gasteiger partial charge is 0.383 e. The quantitative estimate of drug-likeness (QED) is 0.590. The lowest BCUT2D eigenvalue weighted by Gasteiger charge is -2.08. The molecule has 0 aromatic carbocycles. The molecule has 0 aliphatic carbocycles. The van der Waals surface area contributed by atoms with Crippen molar-refractivity contribution in [1.29, 1.82) is 0 Å². The Kier molecular flexibility index (Phi) is 6.27. The van der Waals surface area contributed by atoms with E-state index in [4.69, 9.17) is 10.5 Å². The highest BCUT2D eigenvalue weighted by atomic mass is 16.5. The maximum absolute atomic E-state index is 10.6. The number of aromatic nitrogens is 2. The van der Waals surface area contributed by atoms with Crippen molar-refractivity contribution in [3.63, 3.8) is 0 Å². The molecule has 3 N–H and O–H groups in total. The molecule has 6 nitrogen and oxygen atoms in total. The fraction of sp³-hybridized carbons (Fsp3) is 0.636. The van der Waals surface area contributed by atoms with Crippen LogP contribution in [0.3, 0.4) is 0 Å². The van der Waals surface area contributed by atoms with Gasteiger partial charge in [-0.1, -0.05) is 0 Å². The van der Waals surface area contributed by atoms with E-state index in [1.807, 2.05) is 10.8 Å². The van der Waals surface area contributed by atoms with E-state index in [1.165, 1.54) is 0 Å². The van der Waals surface area contributed by atoms with Gasteiger partial charge in [-0.05, 0) is 6.42 Å². The maximum Gasteiger partial charge on any atom is 0.217 e. The number of amides is 1. The third kappa shape index (κ3) is 5.46. The monoisotopic (exact) mass is 240 g/mol. The number of methoxy groups -OCH3 is 1. The summed E-state index contributed by atoms with van der Waals surface area (Å²) in [6.07, 6.45) is 4.75. The van der Waals surface area contributed by atoms with Crippen molar-refractivity contribution in [2.24, 2.45) is 5.73 Å². The van der Waals surface area contributed by atoms with Gasteiger partial charge in [-0.25, -0.2) is 4.98 Å². The van der Waals surface area contributed by atoms with E-state index in [0.717, 1.165) is 31.7 Å². The van der Waals surface area contributed by atoms with Crippen molar-refractivity contribution in [2.45, 2.75) is 25.9 Å². The van der Waals surface area contributed by atoms with Gasteiger partial charge < -0.3 is 20.4 Å². The number of primary amides is 1. The molecule has 0 saturated carbocycles. The molecular weight excluding hydrogens is 220 g/mol. The number of imidazole rings is 1. The summed E-state index contributed by atoms with van der Waals surface area (Å²) in [5.74, 6) is -0.259. The molecule has 0 atom stereocenters. The predicted molar refractivity (Wildman–Crippen MR) is 64.2 cm³/mol. The minimum Gasteiger partial charge on any atom is -0.383 e. The molecule has 0 radical (unpaired) electrons. The molecule has 1 aromatic heterocycles. The Labute approximate surface area is 101 Å². The number of nitrogens with zero attached hydrogens (tertiary/aromatic N) is 2. The third-order valence-electron chi connectivity index (χ3n) is 2.41. The van der Waals surface area contributed by atoms with Gasteiger partial charge in [-0.2, -0.15) is 0 Å². The van der Waals surface area contributed by atoms with Crippen molar-refractivity contribution >= 4 is 5.91 Å². The van der Waals surface area contributed by atoms with Gasteiger partial charge in [0.25, 0.3) is 0 Å². The molecule has 1 aromatic rings. The summed E-state index contributed by atoms with van der Waals surface area (Å²) >= 11 is 0. The average molecular weight is 240 g/mol. The Morgan fingerprint density at radius 3 is 3.18 bits per heavy atom. The molecular formula is C11H20N4O2. The Morgan fingerprint density at radius 1 is 1.65 bits per heavy atom. The van der Waals surface area contributed by atoms with E-state index in [9.17, 15) is 4.79 Å². The third-order valence-corrected chi connectivity index (χ3v) is 2.41. The molecule has 0 spiro atoms. The second kappa shape index (κ2) is 7.81. The van der Waals surface area contributed by atoms with E-state index in [0.29, 0.717) is 13.0 Å². The van der Waals surface area contributed by atoms with Gasteiger partial charge in [0.15, 0.2) is 0 Å². The van der Waals surface area contributed by atoms with Crippen LogP contribution in [-0.4, -0.2) is 35.7 Å². The van der Waals surface area contributed by atoms with E-state index >= 15 is 0 Å². The molecule has 0 unspecified atom stereocenters. The van der Waals surface area contributed by atoms with E-state index in [-0.39, 0.29) is 5.91 Å². The number of nitrogens with two attached hydrogens (primary N) is 1. The van der Waals surface area contributed by atoms with E-state index in [2.05, 4.69) is 10.3 Å². The van der Waals surface area contributed by atoms with Crippen LogP contribution in [0.1, 0.15) is 18.5 Å². The number of nitrogens with one attached hydrogen (secondary N) is 1. The smallest absolute Gasteiger partial charge is 0.217 e. The van der Waals surface area contributed by atoms with Crippen LogP contribution in [-0.2, 0) is 22.6 Å². The molecule has 0 bridgehead atoms. The first-order valence-corrected chi connectivity index (χ1v) is 5.71.